The lowest BCUT2D eigenvalue weighted by Gasteiger charge is -2.11. The van der Waals surface area contributed by atoms with Gasteiger partial charge in [-0.3, -0.25) is 4.72 Å². The van der Waals surface area contributed by atoms with Crippen molar-refractivity contribution in [2.45, 2.75) is 11.8 Å². The van der Waals surface area contributed by atoms with Crippen molar-refractivity contribution in [2.75, 3.05) is 4.72 Å². The summed E-state index contributed by atoms with van der Waals surface area (Å²) in [6, 6.07) is 16.6. The summed E-state index contributed by atoms with van der Waals surface area (Å²) in [7, 11) is -3.72. The van der Waals surface area contributed by atoms with Crippen LogP contribution in [0.2, 0.25) is 5.02 Å². The Bertz CT molecular complexity index is 1040. The monoisotopic (exact) mass is 391 g/mol. The number of sulfonamides is 1. The highest BCUT2D eigenvalue weighted by Gasteiger charge is 2.15. The summed E-state index contributed by atoms with van der Waals surface area (Å²) in [6.07, 6.45) is 0. The molecule has 26 heavy (non-hydrogen) atoms. The Morgan fingerprint density at radius 3 is 2.38 bits per heavy atom. The number of rotatable bonds is 5. The van der Waals surface area contributed by atoms with Gasteiger partial charge in [-0.15, -0.1) is 0 Å². The molecule has 0 unspecified atom stereocenters. The van der Waals surface area contributed by atoms with Crippen LogP contribution in [-0.2, 0) is 10.0 Å². The molecular weight excluding hydrogens is 377 g/mol. The standard InChI is InChI=1S/C19H15ClFNO3S/c1-13-5-8-17(9-6-13)26(23,24)22-15-7-10-19(18(20)12-15)25-16-4-2-3-14(21)11-16/h2-12,22H,1H3. The Morgan fingerprint density at radius 1 is 1.00 bits per heavy atom. The van der Waals surface area contributed by atoms with Crippen molar-refractivity contribution in [1.82, 2.24) is 0 Å². The Balaban J connectivity index is 1.80. The molecule has 0 aliphatic heterocycles. The molecule has 0 heterocycles. The molecule has 7 heteroatoms. The fourth-order valence-corrected chi connectivity index (χ4v) is 3.50. The van der Waals surface area contributed by atoms with E-state index in [1.807, 2.05) is 6.92 Å². The van der Waals surface area contributed by atoms with Crippen LogP contribution in [0.3, 0.4) is 0 Å². The number of aryl methyl sites for hydroxylation is 1. The third kappa shape index (κ3) is 4.33. The van der Waals surface area contributed by atoms with Crippen LogP contribution in [0.5, 0.6) is 11.5 Å². The first-order valence-electron chi connectivity index (χ1n) is 7.66. The van der Waals surface area contributed by atoms with Crippen molar-refractivity contribution in [2.24, 2.45) is 0 Å². The lowest BCUT2D eigenvalue weighted by Crippen LogP contribution is -2.12. The molecule has 0 aliphatic rings. The molecule has 0 radical (unpaired) electrons. The zero-order chi connectivity index (χ0) is 18.7. The zero-order valence-electron chi connectivity index (χ0n) is 13.7. The number of anilines is 1. The lowest BCUT2D eigenvalue weighted by atomic mass is 10.2. The van der Waals surface area contributed by atoms with E-state index in [1.54, 1.807) is 18.2 Å². The van der Waals surface area contributed by atoms with Crippen LogP contribution in [0.1, 0.15) is 5.56 Å². The minimum atomic E-state index is -3.72. The molecule has 0 atom stereocenters. The van der Waals surface area contributed by atoms with Gasteiger partial charge >= 0.3 is 0 Å². The van der Waals surface area contributed by atoms with E-state index in [-0.39, 0.29) is 15.7 Å². The summed E-state index contributed by atoms with van der Waals surface area (Å²) in [6.45, 7) is 1.88. The van der Waals surface area contributed by atoms with Crippen LogP contribution >= 0.6 is 11.6 Å². The Kier molecular flexibility index (Phi) is 5.15. The largest absolute Gasteiger partial charge is 0.456 e. The minimum Gasteiger partial charge on any atom is -0.456 e. The molecule has 0 fully saturated rings. The summed E-state index contributed by atoms with van der Waals surface area (Å²) < 4.78 is 46.0. The molecule has 0 bridgehead atoms. The Labute approximate surface area is 156 Å². The van der Waals surface area contributed by atoms with Gasteiger partial charge in [0, 0.05) is 6.07 Å². The van der Waals surface area contributed by atoms with Crippen molar-refractivity contribution >= 4 is 27.3 Å². The molecule has 3 aromatic carbocycles. The van der Waals surface area contributed by atoms with Crippen LogP contribution in [0.25, 0.3) is 0 Å². The third-order valence-electron chi connectivity index (χ3n) is 3.54. The van der Waals surface area contributed by atoms with Gasteiger partial charge in [0.15, 0.2) is 0 Å². The fraction of sp³-hybridized carbons (Fsp3) is 0.0526. The first-order chi connectivity index (χ1) is 12.3. The Hall–Kier alpha value is -2.57. The van der Waals surface area contributed by atoms with Crippen LogP contribution in [0.15, 0.2) is 71.6 Å². The first-order valence-corrected chi connectivity index (χ1v) is 9.52. The highest BCUT2D eigenvalue weighted by molar-refractivity contribution is 7.92. The third-order valence-corrected chi connectivity index (χ3v) is 5.23. The number of benzene rings is 3. The molecule has 4 nitrogen and oxygen atoms in total. The van der Waals surface area contributed by atoms with Crippen molar-refractivity contribution < 1.29 is 17.5 Å². The van der Waals surface area contributed by atoms with Gasteiger partial charge < -0.3 is 4.74 Å². The van der Waals surface area contributed by atoms with Crippen molar-refractivity contribution in [3.8, 4) is 11.5 Å². The van der Waals surface area contributed by atoms with E-state index >= 15 is 0 Å². The molecule has 0 aromatic heterocycles. The predicted molar refractivity (Wildman–Crippen MR) is 99.9 cm³/mol. The maximum atomic E-state index is 13.2. The van der Waals surface area contributed by atoms with Crippen LogP contribution < -0.4 is 9.46 Å². The number of halogens is 2. The number of nitrogens with one attached hydrogen (secondary N) is 1. The molecular formula is C19H15ClFNO3S. The molecule has 0 amide bonds. The number of ether oxygens (including phenoxy) is 1. The molecule has 3 rings (SSSR count). The second-order valence-electron chi connectivity index (χ2n) is 5.62. The van der Waals surface area contributed by atoms with Crippen LogP contribution in [0, 0.1) is 12.7 Å². The summed E-state index contributed by atoms with van der Waals surface area (Å²) >= 11 is 6.16. The van der Waals surface area contributed by atoms with Gasteiger partial charge in [-0.1, -0.05) is 35.4 Å². The summed E-state index contributed by atoms with van der Waals surface area (Å²) in [5.74, 6) is 0.150. The maximum absolute atomic E-state index is 13.2. The van der Waals surface area contributed by atoms with Gasteiger partial charge in [-0.2, -0.15) is 0 Å². The minimum absolute atomic E-state index is 0.152. The van der Waals surface area contributed by atoms with E-state index in [2.05, 4.69) is 4.72 Å². The van der Waals surface area contributed by atoms with Gasteiger partial charge in [-0.05, 0) is 49.4 Å². The van der Waals surface area contributed by atoms with Crippen molar-refractivity contribution in [1.29, 1.82) is 0 Å². The molecule has 0 saturated carbocycles. The SMILES string of the molecule is Cc1ccc(S(=O)(=O)Nc2ccc(Oc3cccc(F)c3)c(Cl)c2)cc1. The van der Waals surface area contributed by atoms with Crippen LogP contribution in [-0.4, -0.2) is 8.42 Å². The molecule has 3 aromatic rings. The zero-order valence-corrected chi connectivity index (χ0v) is 15.3. The second-order valence-corrected chi connectivity index (χ2v) is 7.71. The quantitative estimate of drug-likeness (QED) is 0.635. The van der Waals surface area contributed by atoms with Gasteiger partial charge in [0.1, 0.15) is 17.3 Å². The average Bonchev–Trinajstić information content (AvgIpc) is 2.57. The van der Waals surface area contributed by atoms with E-state index in [0.29, 0.717) is 11.4 Å². The average molecular weight is 392 g/mol. The van der Waals surface area contributed by atoms with Crippen molar-refractivity contribution in [3.05, 3.63) is 83.1 Å². The smallest absolute Gasteiger partial charge is 0.261 e. The summed E-state index contributed by atoms with van der Waals surface area (Å²) in [5, 5.41) is 0.193. The molecule has 0 aliphatic carbocycles. The molecule has 0 spiro atoms. The first kappa shape index (κ1) is 18.2. The summed E-state index contributed by atoms with van der Waals surface area (Å²) in [5.41, 5.74) is 1.26. The molecule has 1 N–H and O–H groups in total. The van der Waals surface area contributed by atoms with Gasteiger partial charge in [0.2, 0.25) is 0 Å². The van der Waals surface area contributed by atoms with E-state index in [1.165, 1.54) is 48.5 Å². The van der Waals surface area contributed by atoms with E-state index in [9.17, 15) is 12.8 Å². The Morgan fingerprint density at radius 2 is 1.73 bits per heavy atom. The van der Waals surface area contributed by atoms with Crippen molar-refractivity contribution in [3.63, 3.8) is 0 Å². The van der Waals surface area contributed by atoms with E-state index < -0.39 is 15.8 Å². The maximum Gasteiger partial charge on any atom is 0.261 e. The lowest BCUT2D eigenvalue weighted by molar-refractivity contribution is 0.477. The molecule has 0 saturated heterocycles. The van der Waals surface area contributed by atoms with Gasteiger partial charge in [-0.25, -0.2) is 12.8 Å². The topological polar surface area (TPSA) is 55.4 Å². The highest BCUT2D eigenvalue weighted by Crippen LogP contribution is 2.32. The normalized spacial score (nSPS) is 11.2. The second kappa shape index (κ2) is 7.35. The predicted octanol–water partition coefficient (Wildman–Crippen LogP) is 5.38. The van der Waals surface area contributed by atoms with Crippen LogP contribution in [0.4, 0.5) is 10.1 Å². The van der Waals surface area contributed by atoms with E-state index in [0.717, 1.165) is 5.56 Å². The summed E-state index contributed by atoms with van der Waals surface area (Å²) in [4.78, 5) is 0.152. The number of hydrogen-bond donors (Lipinski definition) is 1. The van der Waals surface area contributed by atoms with E-state index in [4.69, 9.17) is 16.3 Å². The molecule has 134 valence electrons. The number of hydrogen-bond acceptors (Lipinski definition) is 3. The van der Waals surface area contributed by atoms with Gasteiger partial charge in [0.25, 0.3) is 10.0 Å². The fourth-order valence-electron chi connectivity index (χ4n) is 2.24. The highest BCUT2D eigenvalue weighted by atomic mass is 35.5. The van der Waals surface area contributed by atoms with Gasteiger partial charge in [0.05, 0.1) is 15.6 Å².